The predicted molar refractivity (Wildman–Crippen MR) is 89.5 cm³/mol. The molecule has 0 bridgehead atoms. The minimum atomic E-state index is 0.367. The van der Waals surface area contributed by atoms with Crippen LogP contribution in [0.5, 0.6) is 0 Å². The van der Waals surface area contributed by atoms with Crippen molar-refractivity contribution in [1.29, 1.82) is 0 Å². The van der Waals surface area contributed by atoms with Crippen molar-refractivity contribution in [3.8, 4) is 0 Å². The van der Waals surface area contributed by atoms with Gasteiger partial charge in [-0.25, -0.2) is 0 Å². The Bertz CT molecular complexity index is 700. The van der Waals surface area contributed by atoms with E-state index in [0.717, 1.165) is 6.42 Å². The van der Waals surface area contributed by atoms with Gasteiger partial charge < -0.3 is 10.3 Å². The number of para-hydroxylation sites is 1. The third-order valence-electron chi connectivity index (χ3n) is 4.04. The van der Waals surface area contributed by atoms with Crippen LogP contribution in [0.3, 0.4) is 0 Å². The predicted octanol–water partition coefficient (Wildman–Crippen LogP) is 4.45. The molecule has 0 saturated carbocycles. The topological polar surface area (TPSA) is 27.8 Å². The zero-order valence-electron chi connectivity index (χ0n) is 12.6. The minimum absolute atomic E-state index is 0.367. The molecule has 2 nitrogen and oxygen atoms in total. The molecule has 0 spiro atoms. The molecule has 2 atom stereocenters. The highest BCUT2D eigenvalue weighted by Crippen LogP contribution is 2.20. The fourth-order valence-corrected chi connectivity index (χ4v) is 2.95. The van der Waals surface area contributed by atoms with Crippen molar-refractivity contribution in [2.24, 2.45) is 0 Å². The fraction of sp³-hybridized carbons (Fsp3) is 0.263. The SMILES string of the molecule is CC(Cc1c[nH]c2ccccc12)NC(C)c1ccccc1. The second kappa shape index (κ2) is 6.15. The average molecular weight is 278 g/mol. The summed E-state index contributed by atoms with van der Waals surface area (Å²) in [5.74, 6) is 0. The normalized spacial score (nSPS) is 14.2. The molecular formula is C19H22N2. The van der Waals surface area contributed by atoms with E-state index in [2.05, 4.69) is 84.9 Å². The Balaban J connectivity index is 1.68. The lowest BCUT2D eigenvalue weighted by Gasteiger charge is -2.20. The van der Waals surface area contributed by atoms with Gasteiger partial charge in [0.2, 0.25) is 0 Å². The Morgan fingerprint density at radius 1 is 0.952 bits per heavy atom. The molecule has 0 aliphatic heterocycles. The van der Waals surface area contributed by atoms with Crippen LogP contribution in [0.2, 0.25) is 0 Å². The lowest BCUT2D eigenvalue weighted by atomic mass is 10.0. The van der Waals surface area contributed by atoms with E-state index in [0.29, 0.717) is 12.1 Å². The van der Waals surface area contributed by atoms with E-state index in [9.17, 15) is 0 Å². The van der Waals surface area contributed by atoms with Gasteiger partial charge in [-0.3, -0.25) is 0 Å². The van der Waals surface area contributed by atoms with Crippen LogP contribution in [0, 0.1) is 0 Å². The Morgan fingerprint density at radius 3 is 2.48 bits per heavy atom. The summed E-state index contributed by atoms with van der Waals surface area (Å²) < 4.78 is 0. The number of hydrogen-bond acceptors (Lipinski definition) is 1. The zero-order chi connectivity index (χ0) is 14.7. The molecular weight excluding hydrogens is 256 g/mol. The number of benzene rings is 2. The van der Waals surface area contributed by atoms with E-state index in [4.69, 9.17) is 0 Å². The summed E-state index contributed by atoms with van der Waals surface area (Å²) in [7, 11) is 0. The maximum atomic E-state index is 3.69. The number of nitrogens with one attached hydrogen (secondary N) is 2. The van der Waals surface area contributed by atoms with Gasteiger partial charge in [-0.1, -0.05) is 48.5 Å². The summed E-state index contributed by atoms with van der Waals surface area (Å²) >= 11 is 0. The van der Waals surface area contributed by atoms with Crippen molar-refractivity contribution in [3.63, 3.8) is 0 Å². The highest BCUT2D eigenvalue weighted by atomic mass is 14.9. The number of fused-ring (bicyclic) bond motifs is 1. The number of aromatic nitrogens is 1. The number of aromatic amines is 1. The van der Waals surface area contributed by atoms with Crippen LogP contribution in [0.15, 0.2) is 60.8 Å². The largest absolute Gasteiger partial charge is 0.361 e. The van der Waals surface area contributed by atoms with Gasteiger partial charge >= 0.3 is 0 Å². The summed E-state index contributed by atoms with van der Waals surface area (Å²) in [6.07, 6.45) is 3.16. The molecule has 2 unspecified atom stereocenters. The van der Waals surface area contributed by atoms with Crippen molar-refractivity contribution < 1.29 is 0 Å². The molecule has 3 rings (SSSR count). The Kier molecular flexibility index (Phi) is 4.07. The summed E-state index contributed by atoms with van der Waals surface area (Å²) in [6, 6.07) is 19.9. The first-order valence-electron chi connectivity index (χ1n) is 7.60. The molecule has 0 amide bonds. The van der Waals surface area contributed by atoms with Gasteiger partial charge in [-0.05, 0) is 37.5 Å². The average Bonchev–Trinajstić information content (AvgIpc) is 2.91. The van der Waals surface area contributed by atoms with Gasteiger partial charge in [0.15, 0.2) is 0 Å². The van der Waals surface area contributed by atoms with Crippen LogP contribution >= 0.6 is 0 Å². The van der Waals surface area contributed by atoms with E-state index < -0.39 is 0 Å². The molecule has 0 aliphatic carbocycles. The number of rotatable bonds is 5. The molecule has 1 heterocycles. The molecule has 2 heteroatoms. The van der Waals surface area contributed by atoms with Gasteiger partial charge in [0, 0.05) is 29.2 Å². The molecule has 2 aromatic carbocycles. The maximum Gasteiger partial charge on any atom is 0.0456 e. The van der Waals surface area contributed by atoms with E-state index >= 15 is 0 Å². The second-order valence-electron chi connectivity index (χ2n) is 5.76. The monoisotopic (exact) mass is 278 g/mol. The van der Waals surface area contributed by atoms with Gasteiger partial charge in [-0.15, -0.1) is 0 Å². The zero-order valence-corrected chi connectivity index (χ0v) is 12.6. The van der Waals surface area contributed by atoms with Gasteiger partial charge in [-0.2, -0.15) is 0 Å². The van der Waals surface area contributed by atoms with Crippen molar-refractivity contribution in [2.75, 3.05) is 0 Å². The van der Waals surface area contributed by atoms with Gasteiger partial charge in [0.1, 0.15) is 0 Å². The summed E-state index contributed by atoms with van der Waals surface area (Å²) in [6.45, 7) is 4.47. The molecule has 3 aromatic rings. The van der Waals surface area contributed by atoms with E-state index in [-0.39, 0.29) is 0 Å². The third kappa shape index (κ3) is 3.17. The smallest absolute Gasteiger partial charge is 0.0456 e. The fourth-order valence-electron chi connectivity index (χ4n) is 2.95. The first-order valence-corrected chi connectivity index (χ1v) is 7.60. The first kappa shape index (κ1) is 13.9. The van der Waals surface area contributed by atoms with Crippen molar-refractivity contribution in [2.45, 2.75) is 32.4 Å². The van der Waals surface area contributed by atoms with Crippen LogP contribution in [-0.4, -0.2) is 11.0 Å². The van der Waals surface area contributed by atoms with Crippen molar-refractivity contribution in [1.82, 2.24) is 10.3 Å². The lowest BCUT2D eigenvalue weighted by molar-refractivity contribution is 0.478. The maximum absolute atomic E-state index is 3.69. The van der Waals surface area contributed by atoms with Gasteiger partial charge in [0.25, 0.3) is 0 Å². The summed E-state index contributed by atoms with van der Waals surface area (Å²) in [5.41, 5.74) is 3.94. The molecule has 0 fully saturated rings. The molecule has 21 heavy (non-hydrogen) atoms. The summed E-state index contributed by atoms with van der Waals surface area (Å²) in [5, 5.41) is 5.02. The molecule has 0 saturated heterocycles. The highest BCUT2D eigenvalue weighted by molar-refractivity contribution is 5.83. The number of H-pyrrole nitrogens is 1. The van der Waals surface area contributed by atoms with E-state index in [1.807, 2.05) is 0 Å². The van der Waals surface area contributed by atoms with Crippen molar-refractivity contribution >= 4 is 10.9 Å². The quantitative estimate of drug-likeness (QED) is 0.709. The molecule has 0 aliphatic rings. The lowest BCUT2D eigenvalue weighted by Crippen LogP contribution is -2.30. The minimum Gasteiger partial charge on any atom is -0.361 e. The van der Waals surface area contributed by atoms with Crippen LogP contribution in [0.1, 0.15) is 31.0 Å². The standard InChI is InChI=1S/C19H22N2/c1-14(21-15(2)16-8-4-3-5-9-16)12-17-13-20-19-11-7-6-10-18(17)19/h3-11,13-15,20-21H,12H2,1-2H3. The second-order valence-corrected chi connectivity index (χ2v) is 5.76. The Hall–Kier alpha value is -2.06. The Labute approximate surface area is 126 Å². The molecule has 1 aromatic heterocycles. The molecule has 0 radical (unpaired) electrons. The third-order valence-corrected chi connectivity index (χ3v) is 4.04. The highest BCUT2D eigenvalue weighted by Gasteiger charge is 2.11. The van der Waals surface area contributed by atoms with Crippen LogP contribution in [0.4, 0.5) is 0 Å². The van der Waals surface area contributed by atoms with E-state index in [1.165, 1.54) is 22.0 Å². The van der Waals surface area contributed by atoms with Gasteiger partial charge in [0.05, 0.1) is 0 Å². The number of hydrogen-bond donors (Lipinski definition) is 2. The van der Waals surface area contributed by atoms with Crippen LogP contribution < -0.4 is 5.32 Å². The van der Waals surface area contributed by atoms with Crippen LogP contribution in [-0.2, 0) is 6.42 Å². The molecule has 108 valence electrons. The first-order chi connectivity index (χ1) is 10.2. The summed E-state index contributed by atoms with van der Waals surface area (Å²) in [4.78, 5) is 3.35. The van der Waals surface area contributed by atoms with Crippen molar-refractivity contribution in [3.05, 3.63) is 71.9 Å². The van der Waals surface area contributed by atoms with Crippen LogP contribution in [0.25, 0.3) is 10.9 Å². The Morgan fingerprint density at radius 2 is 1.67 bits per heavy atom. The molecule has 2 N–H and O–H groups in total. The van der Waals surface area contributed by atoms with E-state index in [1.54, 1.807) is 0 Å².